The summed E-state index contributed by atoms with van der Waals surface area (Å²) in [5.41, 5.74) is 0. The predicted molar refractivity (Wildman–Crippen MR) is 40.2 cm³/mol. The fraction of sp³-hybridized carbons (Fsp3) is 0.571. The molecule has 0 aliphatic heterocycles. The maximum absolute atomic E-state index is 8.99. The van der Waals surface area contributed by atoms with Crippen LogP contribution >= 0.6 is 0 Å². The molecule has 60 valence electrons. The van der Waals surface area contributed by atoms with Crippen LogP contribution in [0.4, 0.5) is 0 Å². The SMILES string of the molecule is CCc1nc(O)nc(CC)n1. The van der Waals surface area contributed by atoms with Crippen molar-refractivity contribution in [2.45, 2.75) is 26.7 Å². The first-order chi connectivity index (χ1) is 5.26. The van der Waals surface area contributed by atoms with E-state index in [2.05, 4.69) is 15.0 Å². The average Bonchev–Trinajstić information content (AvgIpc) is 2.03. The third-order valence-electron chi connectivity index (χ3n) is 1.35. The molecule has 0 amide bonds. The van der Waals surface area contributed by atoms with E-state index in [9.17, 15) is 0 Å². The molecule has 0 fully saturated rings. The number of hydrogen-bond acceptors (Lipinski definition) is 4. The molecule has 1 heterocycles. The molecule has 0 aliphatic rings. The van der Waals surface area contributed by atoms with Gasteiger partial charge in [-0.1, -0.05) is 13.8 Å². The molecule has 0 unspecified atom stereocenters. The lowest BCUT2D eigenvalue weighted by molar-refractivity contribution is 0.421. The quantitative estimate of drug-likeness (QED) is 0.679. The Morgan fingerprint density at radius 2 is 1.45 bits per heavy atom. The summed E-state index contributed by atoms with van der Waals surface area (Å²) in [5.74, 6) is 1.30. The van der Waals surface area contributed by atoms with Crippen molar-refractivity contribution in [1.82, 2.24) is 15.0 Å². The highest BCUT2D eigenvalue weighted by molar-refractivity contribution is 4.99. The number of aryl methyl sites for hydroxylation is 2. The standard InChI is InChI=1S/C7H11N3O/c1-3-5-8-6(4-2)10-7(11)9-5/h3-4H2,1-2H3,(H,8,9,10,11). The normalized spacial score (nSPS) is 10.0. The number of hydrogen-bond donors (Lipinski definition) is 1. The Balaban J connectivity index is 3.02. The van der Waals surface area contributed by atoms with Gasteiger partial charge in [-0.3, -0.25) is 0 Å². The molecule has 1 aromatic rings. The summed E-state index contributed by atoms with van der Waals surface area (Å²) >= 11 is 0. The summed E-state index contributed by atoms with van der Waals surface area (Å²) < 4.78 is 0. The van der Waals surface area contributed by atoms with Crippen LogP contribution in [0, 0.1) is 0 Å². The van der Waals surface area contributed by atoms with Gasteiger partial charge in [-0.2, -0.15) is 9.97 Å². The minimum Gasteiger partial charge on any atom is -0.479 e. The van der Waals surface area contributed by atoms with Crippen molar-refractivity contribution in [3.05, 3.63) is 11.6 Å². The maximum Gasteiger partial charge on any atom is 0.317 e. The first-order valence-electron chi connectivity index (χ1n) is 3.69. The van der Waals surface area contributed by atoms with E-state index in [0.717, 1.165) is 12.8 Å². The second-order valence-corrected chi connectivity index (χ2v) is 2.17. The van der Waals surface area contributed by atoms with Gasteiger partial charge < -0.3 is 5.11 Å². The Kier molecular flexibility index (Phi) is 2.36. The minimum absolute atomic E-state index is 0.172. The van der Waals surface area contributed by atoms with Gasteiger partial charge in [-0.25, -0.2) is 4.98 Å². The van der Waals surface area contributed by atoms with Crippen LogP contribution in [0.1, 0.15) is 25.5 Å². The van der Waals surface area contributed by atoms with E-state index in [-0.39, 0.29) is 6.01 Å². The van der Waals surface area contributed by atoms with Crippen molar-refractivity contribution in [1.29, 1.82) is 0 Å². The minimum atomic E-state index is -0.172. The van der Waals surface area contributed by atoms with Gasteiger partial charge >= 0.3 is 6.01 Å². The van der Waals surface area contributed by atoms with Crippen molar-refractivity contribution in [3.8, 4) is 6.01 Å². The monoisotopic (exact) mass is 153 g/mol. The molecule has 0 atom stereocenters. The van der Waals surface area contributed by atoms with E-state index < -0.39 is 0 Å². The van der Waals surface area contributed by atoms with E-state index in [0.29, 0.717) is 11.6 Å². The lowest BCUT2D eigenvalue weighted by Crippen LogP contribution is -2.00. The largest absolute Gasteiger partial charge is 0.479 e. The molecule has 0 radical (unpaired) electrons. The third kappa shape index (κ3) is 1.86. The molecule has 11 heavy (non-hydrogen) atoms. The lowest BCUT2D eigenvalue weighted by atomic mass is 10.4. The molecule has 0 aliphatic carbocycles. The van der Waals surface area contributed by atoms with Crippen LogP contribution in [0.15, 0.2) is 0 Å². The van der Waals surface area contributed by atoms with Crippen molar-refractivity contribution < 1.29 is 5.11 Å². The molecule has 4 nitrogen and oxygen atoms in total. The van der Waals surface area contributed by atoms with Gasteiger partial charge in [0.15, 0.2) is 0 Å². The summed E-state index contributed by atoms with van der Waals surface area (Å²) in [6.45, 7) is 3.88. The van der Waals surface area contributed by atoms with E-state index >= 15 is 0 Å². The Labute approximate surface area is 65.3 Å². The molecular weight excluding hydrogens is 142 g/mol. The molecule has 0 aromatic carbocycles. The Morgan fingerprint density at radius 1 is 1.00 bits per heavy atom. The van der Waals surface area contributed by atoms with Gasteiger partial charge in [0.25, 0.3) is 0 Å². The second kappa shape index (κ2) is 3.27. The van der Waals surface area contributed by atoms with Gasteiger partial charge in [-0.15, -0.1) is 0 Å². The van der Waals surface area contributed by atoms with Gasteiger partial charge in [0.05, 0.1) is 0 Å². The Bertz CT molecular complexity index is 227. The maximum atomic E-state index is 8.99. The first kappa shape index (κ1) is 7.91. The molecule has 1 rings (SSSR count). The molecule has 0 saturated heterocycles. The van der Waals surface area contributed by atoms with Crippen molar-refractivity contribution >= 4 is 0 Å². The van der Waals surface area contributed by atoms with E-state index in [1.807, 2.05) is 13.8 Å². The highest BCUT2D eigenvalue weighted by Crippen LogP contribution is 2.01. The number of rotatable bonds is 2. The highest BCUT2D eigenvalue weighted by Gasteiger charge is 2.00. The van der Waals surface area contributed by atoms with Crippen LogP contribution in [0.5, 0.6) is 6.01 Å². The van der Waals surface area contributed by atoms with Gasteiger partial charge in [0, 0.05) is 12.8 Å². The smallest absolute Gasteiger partial charge is 0.317 e. The summed E-state index contributed by atoms with van der Waals surface area (Å²) in [4.78, 5) is 11.6. The van der Waals surface area contributed by atoms with Crippen LogP contribution in [0.3, 0.4) is 0 Å². The summed E-state index contributed by atoms with van der Waals surface area (Å²) in [5, 5.41) is 8.99. The van der Waals surface area contributed by atoms with Crippen molar-refractivity contribution in [3.63, 3.8) is 0 Å². The van der Waals surface area contributed by atoms with Crippen LogP contribution < -0.4 is 0 Å². The zero-order valence-electron chi connectivity index (χ0n) is 6.70. The average molecular weight is 153 g/mol. The number of nitrogens with zero attached hydrogens (tertiary/aromatic N) is 3. The zero-order valence-corrected chi connectivity index (χ0v) is 6.70. The van der Waals surface area contributed by atoms with Crippen LogP contribution in [-0.4, -0.2) is 20.1 Å². The van der Waals surface area contributed by atoms with Crippen LogP contribution in [-0.2, 0) is 12.8 Å². The third-order valence-corrected chi connectivity index (χ3v) is 1.35. The predicted octanol–water partition coefficient (Wildman–Crippen LogP) is 0.702. The van der Waals surface area contributed by atoms with Crippen LogP contribution in [0.25, 0.3) is 0 Å². The number of aromatic nitrogens is 3. The first-order valence-corrected chi connectivity index (χ1v) is 3.69. The molecule has 0 saturated carbocycles. The molecule has 1 aromatic heterocycles. The Hall–Kier alpha value is -1.19. The molecule has 0 bridgehead atoms. The van der Waals surface area contributed by atoms with E-state index in [1.165, 1.54) is 0 Å². The summed E-state index contributed by atoms with van der Waals surface area (Å²) in [6, 6.07) is -0.172. The van der Waals surface area contributed by atoms with Crippen molar-refractivity contribution in [2.75, 3.05) is 0 Å². The molecular formula is C7H11N3O. The highest BCUT2D eigenvalue weighted by atomic mass is 16.3. The fourth-order valence-electron chi connectivity index (χ4n) is 0.771. The van der Waals surface area contributed by atoms with E-state index in [4.69, 9.17) is 5.11 Å². The van der Waals surface area contributed by atoms with Gasteiger partial charge in [-0.05, 0) is 0 Å². The van der Waals surface area contributed by atoms with Crippen molar-refractivity contribution in [2.24, 2.45) is 0 Å². The fourth-order valence-corrected chi connectivity index (χ4v) is 0.771. The van der Waals surface area contributed by atoms with Gasteiger partial charge in [0.2, 0.25) is 0 Å². The second-order valence-electron chi connectivity index (χ2n) is 2.17. The lowest BCUT2D eigenvalue weighted by Gasteiger charge is -1.98. The topological polar surface area (TPSA) is 58.9 Å². The molecule has 0 spiro atoms. The Morgan fingerprint density at radius 3 is 1.82 bits per heavy atom. The van der Waals surface area contributed by atoms with Gasteiger partial charge in [0.1, 0.15) is 11.6 Å². The molecule has 4 heteroatoms. The van der Waals surface area contributed by atoms with Crippen LogP contribution in [0.2, 0.25) is 0 Å². The summed E-state index contributed by atoms with van der Waals surface area (Å²) in [6.07, 6.45) is 1.45. The number of aromatic hydroxyl groups is 1. The van der Waals surface area contributed by atoms with E-state index in [1.54, 1.807) is 0 Å². The summed E-state index contributed by atoms with van der Waals surface area (Å²) in [7, 11) is 0. The molecule has 1 N–H and O–H groups in total. The zero-order chi connectivity index (χ0) is 8.27.